The maximum atomic E-state index is 11.8. The summed E-state index contributed by atoms with van der Waals surface area (Å²) in [5.74, 6) is 0.0483. The summed E-state index contributed by atoms with van der Waals surface area (Å²) >= 11 is 0. The van der Waals surface area contributed by atoms with E-state index in [9.17, 15) is 8.42 Å². The van der Waals surface area contributed by atoms with Crippen molar-refractivity contribution >= 4 is 10.0 Å². The summed E-state index contributed by atoms with van der Waals surface area (Å²) in [5.41, 5.74) is 1.84. The molecule has 0 aliphatic heterocycles. The van der Waals surface area contributed by atoms with Crippen LogP contribution < -0.4 is 10.0 Å². The first-order valence-electron chi connectivity index (χ1n) is 6.78. The molecular weight excluding hydrogens is 286 g/mol. The Balaban J connectivity index is 1.69. The average Bonchev–Trinajstić information content (AvgIpc) is 2.52. The molecule has 1 aromatic carbocycles. The zero-order valence-corrected chi connectivity index (χ0v) is 12.5. The highest BCUT2D eigenvalue weighted by molar-refractivity contribution is 7.89. The van der Waals surface area contributed by atoms with Gasteiger partial charge in [-0.15, -0.1) is 0 Å². The molecule has 6 heteroatoms. The van der Waals surface area contributed by atoms with Gasteiger partial charge in [0.25, 0.3) is 0 Å². The molecule has 0 unspecified atom stereocenters. The van der Waals surface area contributed by atoms with Gasteiger partial charge < -0.3 is 5.32 Å². The second-order valence-corrected chi connectivity index (χ2v) is 6.55. The molecule has 0 saturated heterocycles. The van der Waals surface area contributed by atoms with E-state index < -0.39 is 10.0 Å². The lowest BCUT2D eigenvalue weighted by Crippen LogP contribution is -2.31. The number of hydrogen-bond donors (Lipinski definition) is 2. The smallest absolute Gasteiger partial charge is 0.213 e. The topological polar surface area (TPSA) is 71.1 Å². The summed E-state index contributed by atoms with van der Waals surface area (Å²) in [6.45, 7) is 1.28. The van der Waals surface area contributed by atoms with Crippen LogP contribution >= 0.6 is 0 Å². The van der Waals surface area contributed by atoms with E-state index in [1.54, 1.807) is 6.20 Å². The molecule has 5 nitrogen and oxygen atoms in total. The van der Waals surface area contributed by atoms with Crippen molar-refractivity contribution in [2.45, 2.75) is 13.1 Å². The Morgan fingerprint density at radius 2 is 1.71 bits per heavy atom. The van der Waals surface area contributed by atoms with Crippen molar-refractivity contribution in [1.82, 2.24) is 15.0 Å². The maximum Gasteiger partial charge on any atom is 0.213 e. The predicted octanol–water partition coefficient (Wildman–Crippen LogP) is 1.29. The van der Waals surface area contributed by atoms with Crippen molar-refractivity contribution in [2.75, 3.05) is 12.3 Å². The molecule has 0 radical (unpaired) electrons. The van der Waals surface area contributed by atoms with E-state index in [4.69, 9.17) is 0 Å². The van der Waals surface area contributed by atoms with Crippen LogP contribution in [0.25, 0.3) is 0 Å². The summed E-state index contributed by atoms with van der Waals surface area (Å²) in [4.78, 5) is 4.16. The minimum atomic E-state index is -3.27. The van der Waals surface area contributed by atoms with Gasteiger partial charge in [0, 0.05) is 25.8 Å². The first-order valence-corrected chi connectivity index (χ1v) is 8.43. The van der Waals surface area contributed by atoms with Crippen LogP contribution in [0.3, 0.4) is 0 Å². The van der Waals surface area contributed by atoms with Crippen LogP contribution in [0, 0.1) is 0 Å². The van der Waals surface area contributed by atoms with Crippen LogP contribution in [0.4, 0.5) is 0 Å². The third kappa shape index (κ3) is 6.03. The highest BCUT2D eigenvalue weighted by Crippen LogP contribution is 1.98. The van der Waals surface area contributed by atoms with E-state index >= 15 is 0 Å². The molecule has 0 spiro atoms. The Bertz CT molecular complexity index is 630. The predicted molar refractivity (Wildman–Crippen MR) is 83.0 cm³/mol. The Hall–Kier alpha value is -1.76. The highest BCUT2D eigenvalue weighted by Gasteiger charge is 2.09. The van der Waals surface area contributed by atoms with Gasteiger partial charge in [0.05, 0.1) is 11.4 Å². The average molecular weight is 305 g/mol. The van der Waals surface area contributed by atoms with E-state index in [2.05, 4.69) is 15.0 Å². The first kappa shape index (κ1) is 15.6. The molecule has 0 fully saturated rings. The van der Waals surface area contributed by atoms with Crippen molar-refractivity contribution in [3.8, 4) is 0 Å². The van der Waals surface area contributed by atoms with Gasteiger partial charge >= 0.3 is 0 Å². The van der Waals surface area contributed by atoms with E-state index in [0.29, 0.717) is 19.6 Å². The second kappa shape index (κ2) is 7.87. The van der Waals surface area contributed by atoms with Crippen molar-refractivity contribution in [3.63, 3.8) is 0 Å². The summed E-state index contributed by atoms with van der Waals surface area (Å²) in [5, 5.41) is 3.07. The molecule has 0 bridgehead atoms. The summed E-state index contributed by atoms with van der Waals surface area (Å²) in [7, 11) is -3.27. The number of pyridine rings is 1. The Kier molecular flexibility index (Phi) is 5.86. The monoisotopic (exact) mass is 305 g/mol. The fraction of sp³-hybridized carbons (Fsp3) is 0.267. The SMILES string of the molecule is O=S(=O)(CCNCc1ccccn1)NCc1ccccc1. The van der Waals surface area contributed by atoms with Gasteiger partial charge in [-0.3, -0.25) is 4.98 Å². The first-order chi connectivity index (χ1) is 10.2. The van der Waals surface area contributed by atoms with Crippen LogP contribution in [0.1, 0.15) is 11.3 Å². The van der Waals surface area contributed by atoms with Gasteiger partial charge in [-0.1, -0.05) is 36.4 Å². The quantitative estimate of drug-likeness (QED) is 0.721. The fourth-order valence-electron chi connectivity index (χ4n) is 1.79. The molecule has 1 heterocycles. The van der Waals surface area contributed by atoms with E-state index in [-0.39, 0.29) is 5.75 Å². The highest BCUT2D eigenvalue weighted by atomic mass is 32.2. The number of rotatable bonds is 8. The molecule has 0 aliphatic rings. The fourth-order valence-corrected chi connectivity index (χ4v) is 2.73. The minimum absolute atomic E-state index is 0.0483. The molecule has 0 amide bonds. The van der Waals surface area contributed by atoms with Gasteiger partial charge in [0.2, 0.25) is 10.0 Å². The molecule has 1 aromatic heterocycles. The van der Waals surface area contributed by atoms with Crippen molar-refractivity contribution in [2.24, 2.45) is 0 Å². The number of nitrogens with zero attached hydrogens (tertiary/aromatic N) is 1. The summed E-state index contributed by atoms with van der Waals surface area (Å²) in [6.07, 6.45) is 1.72. The molecule has 2 rings (SSSR count). The van der Waals surface area contributed by atoms with Crippen LogP contribution in [-0.4, -0.2) is 25.7 Å². The molecule has 0 atom stereocenters. The van der Waals surface area contributed by atoms with Crippen LogP contribution in [0.15, 0.2) is 54.7 Å². The van der Waals surface area contributed by atoms with Gasteiger partial charge in [-0.2, -0.15) is 0 Å². The molecule has 0 saturated carbocycles. The maximum absolute atomic E-state index is 11.8. The Labute approximate surface area is 125 Å². The van der Waals surface area contributed by atoms with E-state index in [1.165, 1.54) is 0 Å². The summed E-state index contributed by atoms with van der Waals surface area (Å²) in [6, 6.07) is 15.1. The standard InChI is InChI=1S/C15H19N3O2S/c19-21(20,18-12-14-6-2-1-3-7-14)11-10-16-13-15-8-4-5-9-17-15/h1-9,16,18H,10-13H2. The van der Waals surface area contributed by atoms with E-state index in [1.807, 2.05) is 48.5 Å². The van der Waals surface area contributed by atoms with E-state index in [0.717, 1.165) is 11.3 Å². The third-order valence-corrected chi connectivity index (χ3v) is 4.24. The molecule has 0 aliphatic carbocycles. The Morgan fingerprint density at radius 3 is 2.43 bits per heavy atom. The third-order valence-electron chi connectivity index (χ3n) is 2.92. The molecular formula is C15H19N3O2S. The van der Waals surface area contributed by atoms with Crippen LogP contribution in [0.5, 0.6) is 0 Å². The molecule has 112 valence electrons. The number of nitrogens with one attached hydrogen (secondary N) is 2. The number of aromatic nitrogens is 1. The summed E-state index contributed by atoms with van der Waals surface area (Å²) < 4.78 is 26.3. The van der Waals surface area contributed by atoms with Crippen molar-refractivity contribution in [3.05, 3.63) is 66.0 Å². The van der Waals surface area contributed by atoms with Crippen molar-refractivity contribution < 1.29 is 8.42 Å². The van der Waals surface area contributed by atoms with Gasteiger partial charge in [-0.05, 0) is 17.7 Å². The van der Waals surface area contributed by atoms with Crippen LogP contribution in [-0.2, 0) is 23.1 Å². The second-order valence-electron chi connectivity index (χ2n) is 4.62. The minimum Gasteiger partial charge on any atom is -0.310 e. The number of benzene rings is 1. The molecule has 2 aromatic rings. The lowest BCUT2D eigenvalue weighted by Gasteiger charge is -2.08. The Morgan fingerprint density at radius 1 is 0.952 bits per heavy atom. The lowest BCUT2D eigenvalue weighted by molar-refractivity contribution is 0.576. The van der Waals surface area contributed by atoms with Gasteiger partial charge in [-0.25, -0.2) is 13.1 Å². The molecule has 2 N–H and O–H groups in total. The largest absolute Gasteiger partial charge is 0.310 e. The zero-order valence-electron chi connectivity index (χ0n) is 11.7. The zero-order chi connectivity index (χ0) is 15.0. The van der Waals surface area contributed by atoms with Crippen molar-refractivity contribution in [1.29, 1.82) is 0 Å². The number of hydrogen-bond acceptors (Lipinski definition) is 4. The van der Waals surface area contributed by atoms with Gasteiger partial charge in [0.15, 0.2) is 0 Å². The van der Waals surface area contributed by atoms with Crippen LogP contribution in [0.2, 0.25) is 0 Å². The molecule has 21 heavy (non-hydrogen) atoms. The van der Waals surface area contributed by atoms with Gasteiger partial charge in [0.1, 0.15) is 0 Å². The lowest BCUT2D eigenvalue weighted by atomic mass is 10.2. The number of sulfonamides is 1. The normalized spacial score (nSPS) is 11.4.